The highest BCUT2D eigenvalue weighted by Crippen LogP contribution is 2.37. The molecule has 0 spiro atoms. The first-order valence-corrected chi connectivity index (χ1v) is 40.2. The number of H-pyrrole nitrogens is 3. The first-order chi connectivity index (χ1) is 59.0. The number of fused-ring (bicyclic) bond motifs is 3. The van der Waals surface area contributed by atoms with Crippen LogP contribution in [0.2, 0.25) is 0 Å². The first-order valence-electron chi connectivity index (χ1n) is 40.2. The van der Waals surface area contributed by atoms with Crippen molar-refractivity contribution in [2.45, 2.75) is 53.1 Å². The lowest BCUT2D eigenvalue weighted by molar-refractivity contribution is 0.0787. The van der Waals surface area contributed by atoms with Gasteiger partial charge in [-0.25, -0.2) is 59.2 Å². The van der Waals surface area contributed by atoms with Gasteiger partial charge >= 0.3 is 18.3 Å². The predicted octanol–water partition coefficient (Wildman–Crippen LogP) is 11.1. The van der Waals surface area contributed by atoms with Gasteiger partial charge in [-0.2, -0.15) is 0 Å². The maximum atomic E-state index is 13.1. The Morgan fingerprint density at radius 1 is 0.496 bits per heavy atom. The summed E-state index contributed by atoms with van der Waals surface area (Å²) in [6.07, 6.45) is 13.7. The number of aromatic amines is 3. The van der Waals surface area contributed by atoms with E-state index in [1.54, 1.807) is 83.5 Å². The van der Waals surface area contributed by atoms with E-state index in [9.17, 15) is 24.0 Å². The van der Waals surface area contributed by atoms with Crippen molar-refractivity contribution in [3.63, 3.8) is 0 Å². The maximum Gasteiger partial charge on any atom is 0.413 e. The molecule has 121 heavy (non-hydrogen) atoms. The second kappa shape index (κ2) is 39.7. The van der Waals surface area contributed by atoms with Crippen LogP contribution >= 0.6 is 0 Å². The van der Waals surface area contributed by atoms with Crippen molar-refractivity contribution < 1.29 is 47.7 Å². The highest BCUT2D eigenvalue weighted by Gasteiger charge is 2.27. The standard InChI is InChI=1S/C31H34N10O3.C27H32N10O3.C27H32N6O4/c1-4-44-31(43)38-30-36-25-15-22(41-17-26(34-19-41)29(42)35-20(2)21-8-6-5-7-9-21)14-23(28(25)37-30)24-16-27(33-18-32-24)40-12-10-39(3)11-13-40;1-3-40-27(39)33-26-31-21-13-18(37-15-22(30-17-37)25(38)36-6-4-5-7-36)12-19(24(21)32-26)20-14-23(29-16-28-20)35-10-8-34(2)9-11-35;1-4-37-27(34)32-26-30-24-16-20(15-22(25(24)31-26)23-7-5-6-10-28-23)19-8-9-21(29-17-19)18-33(11-13-35-2)12-14-36-3/h5-9,14-20H,4,10-13H2,1-3H3,(H,35,42)(H2,36,37,38,43);12-17H,3-11H2,1-2H3,(H2,31,32,33,39);5-10,15-17H,4,11-14,18H2,1-3H3,(H2,30,31,32,34)/t20-;;/m0../s1. The minimum absolute atomic E-state index is 0.0624. The molecule has 5 amide bonds. The summed E-state index contributed by atoms with van der Waals surface area (Å²) in [4.78, 5) is 135. The van der Waals surface area contributed by atoms with E-state index in [0.717, 1.165) is 165 Å². The summed E-state index contributed by atoms with van der Waals surface area (Å²) in [5, 5.41) is 10.9. The van der Waals surface area contributed by atoms with Crippen LogP contribution in [0.1, 0.15) is 78.8 Å². The topological polar surface area (TPSA) is 398 Å². The average molecular weight is 1640 g/mol. The minimum Gasteiger partial charge on any atom is -0.450 e. The van der Waals surface area contributed by atoms with Gasteiger partial charge in [-0.1, -0.05) is 42.5 Å². The lowest BCUT2D eigenvalue weighted by Gasteiger charge is -2.33. The van der Waals surface area contributed by atoms with E-state index in [2.05, 4.69) is 131 Å². The van der Waals surface area contributed by atoms with Crippen molar-refractivity contribution in [1.29, 1.82) is 0 Å². The van der Waals surface area contributed by atoms with Crippen molar-refractivity contribution in [2.24, 2.45) is 0 Å². The molecule has 3 fully saturated rings. The van der Waals surface area contributed by atoms with Gasteiger partial charge in [0, 0.05) is 170 Å². The number of carbonyl (C=O) groups excluding carboxylic acids is 5. The molecule has 16 rings (SSSR count). The van der Waals surface area contributed by atoms with Crippen LogP contribution in [-0.2, 0) is 30.2 Å². The number of hydrogen-bond donors (Lipinski definition) is 7. The number of ether oxygens (including phenoxy) is 5. The molecular weight excluding hydrogens is 1550 g/mol. The summed E-state index contributed by atoms with van der Waals surface area (Å²) in [5.41, 5.74) is 14.5. The quantitative estimate of drug-likeness (QED) is 0.0248. The van der Waals surface area contributed by atoms with Gasteiger partial charge in [-0.15, -0.1) is 0 Å². The Balaban J connectivity index is 0.000000149. The first kappa shape index (κ1) is 83.8. The number of pyridine rings is 2. The molecule has 4 aromatic carbocycles. The number of methoxy groups -OCH3 is 2. The highest BCUT2D eigenvalue weighted by atomic mass is 16.6. The smallest absolute Gasteiger partial charge is 0.413 e. The number of likely N-dealkylation sites (N-methyl/N-ethyl adjacent to an activating group) is 2. The molecule has 0 radical (unpaired) electrons. The van der Waals surface area contributed by atoms with E-state index in [-0.39, 0.29) is 55.3 Å². The number of nitrogens with zero attached hydrogens (tertiary/aromatic N) is 19. The summed E-state index contributed by atoms with van der Waals surface area (Å²) in [7, 11) is 7.63. The zero-order valence-electron chi connectivity index (χ0n) is 68.8. The summed E-state index contributed by atoms with van der Waals surface area (Å²) >= 11 is 0. The fourth-order valence-electron chi connectivity index (χ4n) is 14.2. The lowest BCUT2D eigenvalue weighted by Crippen LogP contribution is -2.44. The number of rotatable bonds is 26. The molecule has 7 N–H and O–H groups in total. The lowest BCUT2D eigenvalue weighted by atomic mass is 10.0. The Kier molecular flexibility index (Phi) is 27.5. The number of amides is 5. The van der Waals surface area contributed by atoms with Crippen LogP contribution in [0.25, 0.3) is 89.4 Å². The van der Waals surface area contributed by atoms with E-state index in [4.69, 9.17) is 28.7 Å². The number of piperazine rings is 2. The zero-order chi connectivity index (χ0) is 84.3. The maximum absolute atomic E-state index is 13.1. The van der Waals surface area contributed by atoms with Gasteiger partial charge in [-0.05, 0) is 120 Å². The van der Waals surface area contributed by atoms with Gasteiger partial charge in [0.05, 0.1) is 83.9 Å². The van der Waals surface area contributed by atoms with E-state index in [1.165, 1.54) is 0 Å². The SMILES string of the molecule is CCOC(=O)Nc1nc2c(-c3cc(N4CCN(C)CC4)ncn3)cc(-n3cnc(C(=O)N4CCCC4)c3)cc2[nH]1.CCOC(=O)Nc1nc2c(-c3cc(N4CCN(C)CC4)ncn3)cc(-n3cnc(C(=O)N[C@@H](C)c4ccccc4)c3)cc2[nH]1.CCOC(=O)Nc1nc2c(-c3ccccn3)cc(-c3ccc(CN(CCOC)CCOC)nc3)cc2[nH]1. The summed E-state index contributed by atoms with van der Waals surface area (Å²) < 4.78 is 29.1. The molecule has 13 aromatic rings. The second-order valence-electron chi connectivity index (χ2n) is 29.0. The van der Waals surface area contributed by atoms with Crippen LogP contribution in [0.5, 0.6) is 0 Å². The predicted molar refractivity (Wildman–Crippen MR) is 459 cm³/mol. The van der Waals surface area contributed by atoms with Gasteiger partial charge in [0.15, 0.2) is 0 Å². The molecule has 3 aliphatic rings. The fourth-order valence-corrected chi connectivity index (χ4v) is 14.2. The Morgan fingerprint density at radius 3 is 1.46 bits per heavy atom. The summed E-state index contributed by atoms with van der Waals surface area (Å²) in [5.74, 6) is 2.14. The Bertz CT molecular complexity index is 5690. The van der Waals surface area contributed by atoms with Crippen molar-refractivity contribution in [1.82, 2.24) is 104 Å². The molecule has 628 valence electrons. The number of carbonyl (C=O) groups is 5. The second-order valence-corrected chi connectivity index (χ2v) is 29.0. The van der Waals surface area contributed by atoms with E-state index >= 15 is 0 Å². The van der Waals surface area contributed by atoms with Crippen LogP contribution < -0.4 is 31.1 Å². The Labute approximate surface area is 697 Å². The molecule has 0 saturated carbocycles. The van der Waals surface area contributed by atoms with Gasteiger partial charge in [0.2, 0.25) is 17.8 Å². The number of anilines is 5. The molecule has 9 aromatic heterocycles. The molecule has 3 aliphatic heterocycles. The monoisotopic (exact) mass is 1640 g/mol. The molecule has 0 bridgehead atoms. The third kappa shape index (κ3) is 21.1. The fraction of sp³-hybridized carbons (Fsp3) is 0.341. The number of likely N-dealkylation sites (tertiary alicyclic amines) is 1. The third-order valence-electron chi connectivity index (χ3n) is 20.7. The largest absolute Gasteiger partial charge is 0.450 e. The average Bonchev–Trinajstić information content (AvgIpc) is 1.66. The summed E-state index contributed by atoms with van der Waals surface area (Å²) in [6, 6.07) is 35.0. The Hall–Kier alpha value is -13.7. The van der Waals surface area contributed by atoms with E-state index < -0.39 is 18.3 Å². The van der Waals surface area contributed by atoms with Crippen LogP contribution in [0.15, 0.2) is 159 Å². The van der Waals surface area contributed by atoms with Crippen LogP contribution in [0.3, 0.4) is 0 Å². The molecule has 1 atom stereocenters. The molecule has 0 unspecified atom stereocenters. The van der Waals surface area contributed by atoms with Gasteiger partial charge in [0.1, 0.15) is 59.4 Å². The normalized spacial score (nSPS) is 14.0. The van der Waals surface area contributed by atoms with Crippen LogP contribution in [0.4, 0.5) is 43.9 Å². The summed E-state index contributed by atoms with van der Waals surface area (Å²) in [6.45, 7) is 20.3. The molecular formula is C85H98N26O10. The van der Waals surface area contributed by atoms with E-state index in [1.807, 2.05) is 126 Å². The third-order valence-corrected chi connectivity index (χ3v) is 20.7. The van der Waals surface area contributed by atoms with Crippen molar-refractivity contribution in [2.75, 3.05) is 166 Å². The molecule has 0 aliphatic carbocycles. The van der Waals surface area contributed by atoms with Crippen molar-refractivity contribution in [3.8, 4) is 56.3 Å². The van der Waals surface area contributed by atoms with Crippen LogP contribution in [0, 0.1) is 0 Å². The number of nitrogens with one attached hydrogen (secondary N) is 7. The van der Waals surface area contributed by atoms with Gasteiger partial charge < -0.3 is 77.6 Å². The van der Waals surface area contributed by atoms with E-state index in [0.29, 0.717) is 70.4 Å². The number of imidazole rings is 5. The van der Waals surface area contributed by atoms with Crippen molar-refractivity contribution in [3.05, 3.63) is 182 Å². The van der Waals surface area contributed by atoms with Crippen molar-refractivity contribution >= 4 is 92.7 Å². The molecule has 3 saturated heterocycles. The molecule has 36 nitrogen and oxygen atoms in total. The Morgan fingerprint density at radius 2 is 0.983 bits per heavy atom. The van der Waals surface area contributed by atoms with Gasteiger partial charge in [0.25, 0.3) is 11.8 Å². The minimum atomic E-state index is -0.609. The van der Waals surface area contributed by atoms with Gasteiger partial charge in [-0.3, -0.25) is 40.4 Å². The number of benzene rings is 4. The number of aromatic nitrogens is 16. The molecule has 12 heterocycles. The zero-order valence-corrected chi connectivity index (χ0v) is 68.8. The van der Waals surface area contributed by atoms with Crippen LogP contribution in [-0.4, -0.2) is 268 Å². The number of hydrogen-bond acceptors (Lipinski definition) is 26. The highest BCUT2D eigenvalue weighted by molar-refractivity contribution is 6.00. The molecule has 36 heteroatoms.